The molecule has 2 aromatic rings. The third-order valence-electron chi connectivity index (χ3n) is 2.66. The lowest BCUT2D eigenvalue weighted by Crippen LogP contribution is -2.08. The molecule has 22 heavy (non-hydrogen) atoms. The normalized spacial score (nSPS) is 10.4. The van der Waals surface area contributed by atoms with Gasteiger partial charge in [-0.2, -0.15) is 8.78 Å². The zero-order valence-electron chi connectivity index (χ0n) is 11.6. The molecule has 0 bridgehead atoms. The van der Waals surface area contributed by atoms with Crippen LogP contribution in [0.15, 0.2) is 36.4 Å². The first kappa shape index (κ1) is 15.6. The molecular formula is C14H13F2N3O3. The van der Waals surface area contributed by atoms with E-state index in [1.165, 1.54) is 25.3 Å². The van der Waals surface area contributed by atoms with Gasteiger partial charge < -0.3 is 14.8 Å². The topological polar surface area (TPSA) is 73.3 Å². The van der Waals surface area contributed by atoms with E-state index in [0.29, 0.717) is 12.4 Å². The molecule has 0 radical (unpaired) electrons. The monoisotopic (exact) mass is 309 g/mol. The minimum Gasteiger partial charge on any atom is -0.464 e. The zero-order chi connectivity index (χ0) is 15.9. The number of nitrogens with one attached hydrogen (secondary N) is 1. The Labute approximate surface area is 125 Å². The highest BCUT2D eigenvalue weighted by molar-refractivity contribution is 5.86. The number of ether oxygens (including phenoxy) is 2. The maximum Gasteiger partial charge on any atom is 0.387 e. The van der Waals surface area contributed by atoms with Crippen LogP contribution in [0.5, 0.6) is 5.75 Å². The first-order valence-corrected chi connectivity index (χ1v) is 6.28. The second-order valence-electron chi connectivity index (χ2n) is 4.17. The molecule has 0 aliphatic heterocycles. The molecule has 0 unspecified atom stereocenters. The number of aromatic nitrogens is 2. The molecule has 0 aliphatic rings. The van der Waals surface area contributed by atoms with Crippen molar-refractivity contribution in [2.75, 3.05) is 12.4 Å². The standard InChI is InChI=1S/C14H13F2N3O3/c1-21-13(20)11-5-6-12(19-18-11)17-8-9-3-2-4-10(7-9)22-14(15)16/h2-7,14H,8H2,1H3,(H,17,19). The van der Waals surface area contributed by atoms with Crippen LogP contribution in [-0.4, -0.2) is 29.9 Å². The van der Waals surface area contributed by atoms with E-state index in [4.69, 9.17) is 0 Å². The summed E-state index contributed by atoms with van der Waals surface area (Å²) < 4.78 is 33.1. The summed E-state index contributed by atoms with van der Waals surface area (Å²) in [5, 5.41) is 10.5. The van der Waals surface area contributed by atoms with Gasteiger partial charge in [0.15, 0.2) is 5.69 Å². The summed E-state index contributed by atoms with van der Waals surface area (Å²) >= 11 is 0. The van der Waals surface area contributed by atoms with E-state index in [1.807, 2.05) is 0 Å². The number of nitrogens with zero attached hydrogens (tertiary/aromatic N) is 2. The number of anilines is 1. The second-order valence-corrected chi connectivity index (χ2v) is 4.17. The first-order valence-electron chi connectivity index (χ1n) is 6.28. The number of halogens is 2. The molecule has 0 aliphatic carbocycles. The minimum absolute atomic E-state index is 0.0847. The third kappa shape index (κ3) is 4.37. The lowest BCUT2D eigenvalue weighted by molar-refractivity contribution is -0.0498. The highest BCUT2D eigenvalue weighted by Gasteiger charge is 2.08. The number of esters is 1. The first-order chi connectivity index (χ1) is 10.6. The van der Waals surface area contributed by atoms with Gasteiger partial charge in [-0.05, 0) is 29.8 Å². The summed E-state index contributed by atoms with van der Waals surface area (Å²) in [6.07, 6.45) is 0. The molecule has 116 valence electrons. The average molecular weight is 309 g/mol. The number of rotatable bonds is 6. The molecule has 1 N–H and O–H groups in total. The Balaban J connectivity index is 1.96. The summed E-state index contributed by atoms with van der Waals surface area (Å²) in [5.41, 5.74) is 0.831. The van der Waals surface area contributed by atoms with Gasteiger partial charge in [0, 0.05) is 6.54 Å². The molecule has 2 rings (SSSR count). The van der Waals surface area contributed by atoms with Gasteiger partial charge in [0.05, 0.1) is 7.11 Å². The van der Waals surface area contributed by atoms with Gasteiger partial charge in [-0.1, -0.05) is 12.1 Å². The highest BCUT2D eigenvalue weighted by atomic mass is 19.3. The van der Waals surface area contributed by atoms with Crippen LogP contribution in [0.4, 0.5) is 14.6 Å². The van der Waals surface area contributed by atoms with Crippen LogP contribution < -0.4 is 10.1 Å². The van der Waals surface area contributed by atoms with Crippen LogP contribution in [0.2, 0.25) is 0 Å². The molecule has 1 aromatic heterocycles. The van der Waals surface area contributed by atoms with Crippen molar-refractivity contribution in [2.45, 2.75) is 13.2 Å². The lowest BCUT2D eigenvalue weighted by Gasteiger charge is -2.08. The van der Waals surface area contributed by atoms with E-state index in [9.17, 15) is 13.6 Å². The van der Waals surface area contributed by atoms with Crippen LogP contribution in [0.25, 0.3) is 0 Å². The molecule has 8 heteroatoms. The van der Waals surface area contributed by atoms with Gasteiger partial charge in [-0.15, -0.1) is 10.2 Å². The molecule has 1 heterocycles. The summed E-state index contributed by atoms with van der Waals surface area (Å²) in [6, 6.07) is 9.34. The van der Waals surface area contributed by atoms with Crippen LogP contribution in [0.3, 0.4) is 0 Å². The zero-order valence-corrected chi connectivity index (χ0v) is 11.6. The van der Waals surface area contributed by atoms with Crippen molar-refractivity contribution in [3.8, 4) is 5.75 Å². The average Bonchev–Trinajstić information content (AvgIpc) is 2.52. The predicted octanol–water partition coefficient (Wildman–Crippen LogP) is 2.48. The van der Waals surface area contributed by atoms with Crippen molar-refractivity contribution in [1.82, 2.24) is 10.2 Å². The summed E-state index contributed by atoms with van der Waals surface area (Å²) in [7, 11) is 1.25. The number of alkyl halides is 2. The molecule has 0 fully saturated rings. The van der Waals surface area contributed by atoms with Crippen molar-refractivity contribution in [2.24, 2.45) is 0 Å². The Morgan fingerprint density at radius 3 is 2.73 bits per heavy atom. The summed E-state index contributed by atoms with van der Waals surface area (Å²) in [6.45, 7) is -2.52. The van der Waals surface area contributed by atoms with Crippen LogP contribution in [0.1, 0.15) is 16.1 Å². The number of benzene rings is 1. The predicted molar refractivity (Wildman–Crippen MR) is 73.8 cm³/mol. The number of carbonyl (C=O) groups is 1. The van der Waals surface area contributed by atoms with Crippen molar-refractivity contribution < 1.29 is 23.0 Å². The van der Waals surface area contributed by atoms with Crippen molar-refractivity contribution in [3.63, 3.8) is 0 Å². The Morgan fingerprint density at radius 1 is 1.27 bits per heavy atom. The van der Waals surface area contributed by atoms with Gasteiger partial charge in [0.1, 0.15) is 11.6 Å². The fourth-order valence-corrected chi connectivity index (χ4v) is 1.66. The quantitative estimate of drug-likeness (QED) is 0.826. The fraction of sp³-hybridized carbons (Fsp3) is 0.214. The van der Waals surface area contributed by atoms with Gasteiger partial charge in [0.25, 0.3) is 0 Å². The fourth-order valence-electron chi connectivity index (χ4n) is 1.66. The maximum absolute atomic E-state index is 12.1. The van der Waals surface area contributed by atoms with Gasteiger partial charge in [-0.3, -0.25) is 0 Å². The Morgan fingerprint density at radius 2 is 2.09 bits per heavy atom. The maximum atomic E-state index is 12.1. The van der Waals surface area contributed by atoms with Gasteiger partial charge in [0.2, 0.25) is 0 Å². The number of hydrogen-bond donors (Lipinski definition) is 1. The summed E-state index contributed by atoms with van der Waals surface area (Å²) in [5.74, 6) is -0.0508. The number of carbonyl (C=O) groups excluding carboxylic acids is 1. The minimum atomic E-state index is -2.86. The van der Waals surface area contributed by atoms with Crippen LogP contribution >= 0.6 is 0 Å². The van der Waals surface area contributed by atoms with E-state index in [2.05, 4.69) is 25.0 Å². The van der Waals surface area contributed by atoms with E-state index >= 15 is 0 Å². The Hall–Kier alpha value is -2.77. The van der Waals surface area contributed by atoms with E-state index in [0.717, 1.165) is 5.56 Å². The molecule has 6 nitrogen and oxygen atoms in total. The second kappa shape index (κ2) is 7.30. The molecular weight excluding hydrogens is 296 g/mol. The molecule has 0 saturated carbocycles. The molecule has 0 amide bonds. The Kier molecular flexibility index (Phi) is 5.18. The van der Waals surface area contributed by atoms with Crippen molar-refractivity contribution in [1.29, 1.82) is 0 Å². The molecule has 0 spiro atoms. The molecule has 0 atom stereocenters. The third-order valence-corrected chi connectivity index (χ3v) is 2.66. The number of hydrogen-bond acceptors (Lipinski definition) is 6. The van der Waals surface area contributed by atoms with Crippen molar-refractivity contribution >= 4 is 11.8 Å². The number of methoxy groups -OCH3 is 1. The van der Waals surface area contributed by atoms with Crippen LogP contribution in [0, 0.1) is 0 Å². The SMILES string of the molecule is COC(=O)c1ccc(NCc2cccc(OC(F)F)c2)nn1. The smallest absolute Gasteiger partial charge is 0.387 e. The van der Waals surface area contributed by atoms with E-state index < -0.39 is 12.6 Å². The summed E-state index contributed by atoms with van der Waals surface area (Å²) in [4.78, 5) is 11.2. The van der Waals surface area contributed by atoms with E-state index in [1.54, 1.807) is 18.2 Å². The Bertz CT molecular complexity index is 635. The van der Waals surface area contributed by atoms with E-state index in [-0.39, 0.29) is 11.4 Å². The van der Waals surface area contributed by atoms with Gasteiger partial charge in [-0.25, -0.2) is 4.79 Å². The largest absolute Gasteiger partial charge is 0.464 e. The van der Waals surface area contributed by atoms with Crippen LogP contribution in [-0.2, 0) is 11.3 Å². The van der Waals surface area contributed by atoms with Gasteiger partial charge >= 0.3 is 12.6 Å². The molecule has 0 saturated heterocycles. The van der Waals surface area contributed by atoms with Crippen molar-refractivity contribution in [3.05, 3.63) is 47.7 Å². The molecule has 1 aromatic carbocycles. The lowest BCUT2D eigenvalue weighted by atomic mass is 10.2. The highest BCUT2D eigenvalue weighted by Crippen LogP contribution is 2.16.